The SMILES string of the molecule is C=CCc1cccc(/C=N/NC(=O)CSc2nnc(-c3ccc(Br)cc3)n2CC(=C)C)c1O. The van der Waals surface area contributed by atoms with Gasteiger partial charge in [-0.25, -0.2) is 5.43 Å². The molecule has 0 aliphatic rings. The molecule has 0 aliphatic carbocycles. The van der Waals surface area contributed by atoms with E-state index in [-0.39, 0.29) is 17.4 Å². The molecule has 2 aromatic carbocycles. The second kappa shape index (κ2) is 11.6. The minimum absolute atomic E-state index is 0.106. The summed E-state index contributed by atoms with van der Waals surface area (Å²) in [6.45, 7) is 10.1. The van der Waals surface area contributed by atoms with Gasteiger partial charge < -0.3 is 5.11 Å². The maximum Gasteiger partial charge on any atom is 0.250 e. The number of halogens is 1. The van der Waals surface area contributed by atoms with Crippen molar-refractivity contribution in [1.82, 2.24) is 20.2 Å². The predicted octanol–water partition coefficient (Wildman–Crippen LogP) is 4.96. The van der Waals surface area contributed by atoms with Gasteiger partial charge in [0.25, 0.3) is 5.91 Å². The summed E-state index contributed by atoms with van der Waals surface area (Å²) >= 11 is 4.70. The maximum absolute atomic E-state index is 12.3. The van der Waals surface area contributed by atoms with Gasteiger partial charge in [-0.05, 0) is 37.1 Å². The Kier molecular flexibility index (Phi) is 8.62. The molecule has 2 N–H and O–H groups in total. The minimum Gasteiger partial charge on any atom is -0.507 e. The first kappa shape index (κ1) is 24.5. The normalized spacial score (nSPS) is 11.0. The Bertz CT molecular complexity index is 1190. The van der Waals surface area contributed by atoms with Crippen LogP contribution in [0.25, 0.3) is 11.4 Å². The van der Waals surface area contributed by atoms with E-state index in [0.717, 1.165) is 21.2 Å². The van der Waals surface area contributed by atoms with Gasteiger partial charge in [0.1, 0.15) is 5.75 Å². The zero-order valence-corrected chi connectivity index (χ0v) is 20.6. The average Bonchev–Trinajstić information content (AvgIpc) is 3.17. The zero-order chi connectivity index (χ0) is 23.8. The second-order valence-electron chi connectivity index (χ2n) is 7.29. The molecule has 0 unspecified atom stereocenters. The van der Waals surface area contributed by atoms with Gasteiger partial charge in [0, 0.05) is 22.1 Å². The summed E-state index contributed by atoms with van der Waals surface area (Å²) in [5.74, 6) is 0.640. The Morgan fingerprint density at radius 1 is 1.27 bits per heavy atom. The van der Waals surface area contributed by atoms with Gasteiger partial charge in [-0.15, -0.1) is 16.8 Å². The van der Waals surface area contributed by atoms with Gasteiger partial charge in [0.2, 0.25) is 0 Å². The van der Waals surface area contributed by atoms with Crippen molar-refractivity contribution in [2.45, 2.75) is 25.0 Å². The Balaban J connectivity index is 1.66. The lowest BCUT2D eigenvalue weighted by Gasteiger charge is -2.10. The molecule has 170 valence electrons. The second-order valence-corrected chi connectivity index (χ2v) is 9.14. The van der Waals surface area contributed by atoms with E-state index in [1.165, 1.54) is 18.0 Å². The standard InChI is InChI=1S/C24H24BrN5O2S/c1-4-6-17-7-5-8-19(22(17)32)13-26-27-21(31)15-33-24-29-28-23(30(24)14-16(2)3)18-9-11-20(25)12-10-18/h4-5,7-13,32H,1-2,6,14-15H2,3H3,(H,27,31)/b26-13+. The van der Waals surface area contributed by atoms with Crippen LogP contribution >= 0.6 is 27.7 Å². The summed E-state index contributed by atoms with van der Waals surface area (Å²) in [7, 11) is 0. The molecule has 1 aromatic heterocycles. The third-order valence-corrected chi connectivity index (χ3v) is 5.98. The van der Waals surface area contributed by atoms with E-state index in [2.05, 4.69) is 49.8 Å². The fraction of sp³-hybridized carbons (Fsp3) is 0.167. The lowest BCUT2D eigenvalue weighted by Crippen LogP contribution is -2.20. The molecule has 7 nitrogen and oxygen atoms in total. The van der Waals surface area contributed by atoms with Crippen LogP contribution in [0.3, 0.4) is 0 Å². The Morgan fingerprint density at radius 3 is 2.73 bits per heavy atom. The number of allylic oxidation sites excluding steroid dienone is 2. The number of phenolic OH excluding ortho intramolecular Hbond substituents is 1. The van der Waals surface area contributed by atoms with Crippen molar-refractivity contribution < 1.29 is 9.90 Å². The monoisotopic (exact) mass is 525 g/mol. The van der Waals surface area contributed by atoms with Crippen LogP contribution in [0.1, 0.15) is 18.1 Å². The molecule has 0 fully saturated rings. The number of nitrogens with zero attached hydrogens (tertiary/aromatic N) is 4. The van der Waals surface area contributed by atoms with Crippen LogP contribution in [0.5, 0.6) is 5.75 Å². The number of thioether (sulfide) groups is 1. The van der Waals surface area contributed by atoms with Crippen LogP contribution in [0.2, 0.25) is 0 Å². The third kappa shape index (κ3) is 6.66. The summed E-state index contributed by atoms with van der Waals surface area (Å²) in [6, 6.07) is 13.1. The summed E-state index contributed by atoms with van der Waals surface area (Å²) in [4.78, 5) is 12.3. The number of hydrogen-bond acceptors (Lipinski definition) is 6. The first-order valence-corrected chi connectivity index (χ1v) is 11.9. The van der Waals surface area contributed by atoms with E-state index in [4.69, 9.17) is 0 Å². The Morgan fingerprint density at radius 2 is 2.03 bits per heavy atom. The zero-order valence-electron chi connectivity index (χ0n) is 18.2. The molecule has 33 heavy (non-hydrogen) atoms. The highest BCUT2D eigenvalue weighted by atomic mass is 79.9. The van der Waals surface area contributed by atoms with Crippen LogP contribution in [0.15, 0.2) is 82.0 Å². The van der Waals surface area contributed by atoms with E-state index < -0.39 is 0 Å². The van der Waals surface area contributed by atoms with Gasteiger partial charge in [0.05, 0.1) is 12.0 Å². The molecule has 0 aliphatic heterocycles. The van der Waals surface area contributed by atoms with Crippen molar-refractivity contribution in [3.63, 3.8) is 0 Å². The number of carbonyl (C=O) groups excluding carboxylic acids is 1. The summed E-state index contributed by atoms with van der Waals surface area (Å²) in [5, 5.41) is 23.4. The molecule has 0 bridgehead atoms. The quantitative estimate of drug-likeness (QED) is 0.169. The van der Waals surface area contributed by atoms with E-state index in [9.17, 15) is 9.90 Å². The number of amides is 1. The molecule has 1 amide bonds. The number of nitrogens with one attached hydrogen (secondary N) is 1. The Hall–Kier alpha value is -3.17. The number of hydrogen-bond donors (Lipinski definition) is 2. The molecule has 0 saturated carbocycles. The van der Waals surface area contributed by atoms with Crippen molar-refractivity contribution in [3.05, 3.63) is 82.9 Å². The molecule has 1 heterocycles. The number of benzene rings is 2. The van der Waals surface area contributed by atoms with Crippen LogP contribution in [0, 0.1) is 0 Å². The number of aromatic nitrogens is 3. The first-order valence-electron chi connectivity index (χ1n) is 10.1. The largest absolute Gasteiger partial charge is 0.507 e. The minimum atomic E-state index is -0.298. The smallest absolute Gasteiger partial charge is 0.250 e. The topological polar surface area (TPSA) is 92.4 Å². The van der Waals surface area contributed by atoms with Crippen molar-refractivity contribution in [1.29, 1.82) is 0 Å². The molecule has 0 atom stereocenters. The highest BCUT2D eigenvalue weighted by Crippen LogP contribution is 2.26. The number of hydrazone groups is 1. The first-order chi connectivity index (χ1) is 15.9. The fourth-order valence-electron chi connectivity index (χ4n) is 2.99. The van der Waals surface area contributed by atoms with E-state index >= 15 is 0 Å². The van der Waals surface area contributed by atoms with Crippen LogP contribution in [0.4, 0.5) is 0 Å². The van der Waals surface area contributed by atoms with Gasteiger partial charge >= 0.3 is 0 Å². The lowest BCUT2D eigenvalue weighted by molar-refractivity contribution is -0.118. The van der Waals surface area contributed by atoms with Gasteiger partial charge in [-0.1, -0.05) is 70.2 Å². The van der Waals surface area contributed by atoms with Crippen molar-refractivity contribution in [3.8, 4) is 17.1 Å². The summed E-state index contributed by atoms with van der Waals surface area (Å²) in [6.07, 6.45) is 3.67. The van der Waals surface area contributed by atoms with Crippen molar-refractivity contribution in [2.24, 2.45) is 5.10 Å². The number of carbonyl (C=O) groups is 1. The molecule has 9 heteroatoms. The number of aromatic hydroxyl groups is 1. The molecule has 3 rings (SSSR count). The Labute approximate surface area is 205 Å². The summed E-state index contributed by atoms with van der Waals surface area (Å²) in [5.41, 5.74) is 5.61. The fourth-order valence-corrected chi connectivity index (χ4v) is 3.99. The molecular formula is C24H24BrN5O2S. The highest BCUT2D eigenvalue weighted by Gasteiger charge is 2.16. The van der Waals surface area contributed by atoms with Crippen molar-refractivity contribution in [2.75, 3.05) is 5.75 Å². The third-order valence-electron chi connectivity index (χ3n) is 4.49. The lowest BCUT2D eigenvalue weighted by atomic mass is 10.1. The van der Waals surface area contributed by atoms with Gasteiger partial charge in [-0.3, -0.25) is 9.36 Å². The molecule has 3 aromatic rings. The van der Waals surface area contributed by atoms with Crippen LogP contribution < -0.4 is 5.43 Å². The average molecular weight is 526 g/mol. The summed E-state index contributed by atoms with van der Waals surface area (Å²) < 4.78 is 2.92. The van der Waals surface area contributed by atoms with Crippen molar-refractivity contribution >= 4 is 39.8 Å². The highest BCUT2D eigenvalue weighted by molar-refractivity contribution is 9.10. The number of phenols is 1. The molecular weight excluding hydrogens is 502 g/mol. The van der Waals surface area contributed by atoms with Crippen LogP contribution in [-0.4, -0.2) is 37.7 Å². The molecule has 0 spiro atoms. The van der Waals surface area contributed by atoms with Crippen LogP contribution in [-0.2, 0) is 17.8 Å². The molecule has 0 radical (unpaired) electrons. The van der Waals surface area contributed by atoms with Gasteiger partial charge in [0.15, 0.2) is 11.0 Å². The predicted molar refractivity (Wildman–Crippen MR) is 136 cm³/mol. The van der Waals surface area contributed by atoms with E-state index in [1.54, 1.807) is 12.1 Å². The van der Waals surface area contributed by atoms with E-state index in [1.807, 2.05) is 47.9 Å². The maximum atomic E-state index is 12.3. The number of rotatable bonds is 10. The number of para-hydroxylation sites is 1. The van der Waals surface area contributed by atoms with Gasteiger partial charge in [-0.2, -0.15) is 5.10 Å². The van der Waals surface area contributed by atoms with E-state index in [0.29, 0.717) is 29.5 Å². The molecule has 0 saturated heterocycles.